The van der Waals surface area contributed by atoms with Crippen LogP contribution in [0.1, 0.15) is 40.0 Å². The van der Waals surface area contributed by atoms with Crippen LogP contribution in [-0.2, 0) is 0 Å². The number of hydrogen-bond acceptors (Lipinski definition) is 2. The fourth-order valence-corrected chi connectivity index (χ4v) is 2.05. The van der Waals surface area contributed by atoms with Crippen molar-refractivity contribution in [3.05, 3.63) is 0 Å². The predicted octanol–water partition coefficient (Wildman–Crippen LogP) is 1.85. The molecule has 0 amide bonds. The van der Waals surface area contributed by atoms with Gasteiger partial charge in [0.25, 0.3) is 0 Å². The van der Waals surface area contributed by atoms with Gasteiger partial charge in [-0.05, 0) is 38.3 Å². The highest BCUT2D eigenvalue weighted by Crippen LogP contribution is 2.38. The molecule has 1 rings (SSSR count). The van der Waals surface area contributed by atoms with Crippen LogP contribution in [-0.4, -0.2) is 30.1 Å². The lowest BCUT2D eigenvalue weighted by Gasteiger charge is -2.24. The van der Waals surface area contributed by atoms with Gasteiger partial charge in [0.1, 0.15) is 0 Å². The SMILES string of the molecule is CCN(CC)CC(C)CC1(N)CC1. The molecule has 0 aromatic carbocycles. The Balaban J connectivity index is 2.19. The summed E-state index contributed by atoms with van der Waals surface area (Å²) in [6.45, 7) is 10.3. The van der Waals surface area contributed by atoms with Crippen LogP contribution < -0.4 is 5.73 Å². The number of hydrogen-bond donors (Lipinski definition) is 1. The Labute approximate surface area is 82.5 Å². The highest BCUT2D eigenvalue weighted by molar-refractivity contribution is 4.99. The molecule has 0 aromatic rings. The van der Waals surface area contributed by atoms with Crippen molar-refractivity contribution in [1.29, 1.82) is 0 Å². The summed E-state index contributed by atoms with van der Waals surface area (Å²) in [7, 11) is 0. The van der Waals surface area contributed by atoms with Gasteiger partial charge >= 0.3 is 0 Å². The van der Waals surface area contributed by atoms with Crippen molar-refractivity contribution < 1.29 is 0 Å². The summed E-state index contributed by atoms with van der Waals surface area (Å²) >= 11 is 0. The van der Waals surface area contributed by atoms with Crippen LogP contribution in [0.3, 0.4) is 0 Å². The summed E-state index contributed by atoms with van der Waals surface area (Å²) < 4.78 is 0. The molecule has 1 aliphatic carbocycles. The maximum absolute atomic E-state index is 6.09. The Hall–Kier alpha value is -0.0800. The Morgan fingerprint density at radius 2 is 1.85 bits per heavy atom. The molecule has 1 saturated carbocycles. The van der Waals surface area contributed by atoms with Crippen molar-refractivity contribution in [1.82, 2.24) is 4.90 Å². The number of nitrogens with zero attached hydrogens (tertiary/aromatic N) is 1. The maximum atomic E-state index is 6.09. The summed E-state index contributed by atoms with van der Waals surface area (Å²) in [5.74, 6) is 0.757. The van der Waals surface area contributed by atoms with Crippen LogP contribution in [0.15, 0.2) is 0 Å². The van der Waals surface area contributed by atoms with Crippen molar-refractivity contribution in [3.8, 4) is 0 Å². The summed E-state index contributed by atoms with van der Waals surface area (Å²) in [5.41, 5.74) is 6.32. The minimum absolute atomic E-state index is 0.229. The van der Waals surface area contributed by atoms with Gasteiger partial charge < -0.3 is 10.6 Å². The highest BCUT2D eigenvalue weighted by Gasteiger charge is 2.39. The van der Waals surface area contributed by atoms with Crippen LogP contribution in [0.2, 0.25) is 0 Å². The quantitative estimate of drug-likeness (QED) is 0.682. The van der Waals surface area contributed by atoms with Crippen molar-refractivity contribution in [3.63, 3.8) is 0 Å². The third kappa shape index (κ3) is 3.65. The minimum Gasteiger partial charge on any atom is -0.325 e. The van der Waals surface area contributed by atoms with Gasteiger partial charge in [0.15, 0.2) is 0 Å². The molecule has 1 aliphatic rings. The zero-order valence-electron chi connectivity index (χ0n) is 9.34. The van der Waals surface area contributed by atoms with Crippen molar-refractivity contribution in [2.45, 2.75) is 45.6 Å². The molecule has 0 radical (unpaired) electrons. The first kappa shape index (κ1) is 11.0. The van der Waals surface area contributed by atoms with Crippen molar-refractivity contribution in [2.75, 3.05) is 19.6 Å². The minimum atomic E-state index is 0.229. The Morgan fingerprint density at radius 3 is 2.23 bits per heavy atom. The van der Waals surface area contributed by atoms with E-state index in [1.54, 1.807) is 0 Å². The molecule has 13 heavy (non-hydrogen) atoms. The number of nitrogens with two attached hydrogens (primary N) is 1. The van der Waals surface area contributed by atoms with Gasteiger partial charge in [-0.25, -0.2) is 0 Å². The molecule has 0 bridgehead atoms. The Morgan fingerprint density at radius 1 is 1.31 bits per heavy atom. The predicted molar refractivity (Wildman–Crippen MR) is 57.7 cm³/mol. The standard InChI is InChI=1S/C11H24N2/c1-4-13(5-2)9-10(3)8-11(12)6-7-11/h10H,4-9,12H2,1-3H3. The van der Waals surface area contributed by atoms with Crippen LogP contribution >= 0.6 is 0 Å². The van der Waals surface area contributed by atoms with E-state index in [0.29, 0.717) is 0 Å². The molecule has 0 aromatic heterocycles. The van der Waals surface area contributed by atoms with Crippen molar-refractivity contribution >= 4 is 0 Å². The van der Waals surface area contributed by atoms with Crippen LogP contribution in [0.4, 0.5) is 0 Å². The molecule has 78 valence electrons. The van der Waals surface area contributed by atoms with Gasteiger partial charge in [-0.3, -0.25) is 0 Å². The summed E-state index contributed by atoms with van der Waals surface area (Å²) in [6.07, 6.45) is 3.70. The highest BCUT2D eigenvalue weighted by atomic mass is 15.1. The average Bonchev–Trinajstić information content (AvgIpc) is 2.79. The molecule has 0 saturated heterocycles. The van der Waals surface area contributed by atoms with Crippen molar-refractivity contribution in [2.24, 2.45) is 11.7 Å². The normalized spacial score (nSPS) is 21.9. The molecular weight excluding hydrogens is 160 g/mol. The summed E-state index contributed by atoms with van der Waals surface area (Å²) in [5, 5.41) is 0. The molecule has 2 heteroatoms. The second kappa shape index (κ2) is 4.43. The first-order valence-corrected chi connectivity index (χ1v) is 5.61. The zero-order valence-corrected chi connectivity index (χ0v) is 9.34. The molecule has 0 aliphatic heterocycles. The second-order valence-corrected chi connectivity index (χ2v) is 4.66. The molecule has 2 nitrogen and oxygen atoms in total. The molecule has 0 heterocycles. The molecule has 1 fully saturated rings. The average molecular weight is 184 g/mol. The van der Waals surface area contributed by atoms with Gasteiger partial charge in [-0.2, -0.15) is 0 Å². The Bertz CT molecular complexity index is 148. The Kier molecular flexibility index (Phi) is 3.74. The van der Waals surface area contributed by atoms with Crippen LogP contribution in [0.25, 0.3) is 0 Å². The van der Waals surface area contributed by atoms with Gasteiger partial charge in [0, 0.05) is 12.1 Å². The van der Waals surface area contributed by atoms with Crippen LogP contribution in [0, 0.1) is 5.92 Å². The first-order valence-electron chi connectivity index (χ1n) is 5.61. The lowest BCUT2D eigenvalue weighted by atomic mass is 10.00. The first-order chi connectivity index (χ1) is 6.09. The third-order valence-electron chi connectivity index (χ3n) is 3.11. The molecular formula is C11H24N2. The van der Waals surface area contributed by atoms with E-state index in [1.807, 2.05) is 0 Å². The zero-order chi connectivity index (χ0) is 9.90. The lowest BCUT2D eigenvalue weighted by Crippen LogP contribution is -2.32. The van der Waals surface area contributed by atoms with Gasteiger partial charge in [0.2, 0.25) is 0 Å². The molecule has 1 atom stereocenters. The fourth-order valence-electron chi connectivity index (χ4n) is 2.05. The topological polar surface area (TPSA) is 29.3 Å². The largest absolute Gasteiger partial charge is 0.325 e. The monoisotopic (exact) mass is 184 g/mol. The third-order valence-corrected chi connectivity index (χ3v) is 3.11. The summed E-state index contributed by atoms with van der Waals surface area (Å²) in [4.78, 5) is 2.48. The molecule has 2 N–H and O–H groups in total. The molecule has 0 spiro atoms. The van der Waals surface area contributed by atoms with E-state index in [1.165, 1.54) is 38.9 Å². The van der Waals surface area contributed by atoms with Gasteiger partial charge in [0.05, 0.1) is 0 Å². The second-order valence-electron chi connectivity index (χ2n) is 4.66. The number of rotatable bonds is 6. The van der Waals surface area contributed by atoms with E-state index >= 15 is 0 Å². The lowest BCUT2D eigenvalue weighted by molar-refractivity contribution is 0.245. The van der Waals surface area contributed by atoms with E-state index in [0.717, 1.165) is 5.92 Å². The maximum Gasteiger partial charge on any atom is 0.0158 e. The van der Waals surface area contributed by atoms with Gasteiger partial charge in [-0.15, -0.1) is 0 Å². The molecule has 1 unspecified atom stereocenters. The van der Waals surface area contributed by atoms with E-state index in [4.69, 9.17) is 5.73 Å². The van der Waals surface area contributed by atoms with E-state index in [2.05, 4.69) is 25.7 Å². The van der Waals surface area contributed by atoms with Gasteiger partial charge in [-0.1, -0.05) is 20.8 Å². The van der Waals surface area contributed by atoms with E-state index in [9.17, 15) is 0 Å². The van der Waals surface area contributed by atoms with Crippen LogP contribution in [0.5, 0.6) is 0 Å². The smallest absolute Gasteiger partial charge is 0.0158 e. The fraction of sp³-hybridized carbons (Fsp3) is 1.00. The van der Waals surface area contributed by atoms with E-state index < -0.39 is 0 Å². The summed E-state index contributed by atoms with van der Waals surface area (Å²) in [6, 6.07) is 0. The van der Waals surface area contributed by atoms with E-state index in [-0.39, 0.29) is 5.54 Å².